The van der Waals surface area contributed by atoms with Crippen LogP contribution in [0, 0.1) is 0 Å². The molecule has 0 bridgehead atoms. The second-order valence-corrected chi connectivity index (χ2v) is 8.63. The third kappa shape index (κ3) is 6.63. The van der Waals surface area contributed by atoms with Gasteiger partial charge in [-0.3, -0.25) is 9.20 Å². The number of rotatable bonds is 8. The lowest BCUT2D eigenvalue weighted by Gasteiger charge is -2.30. The van der Waals surface area contributed by atoms with Crippen LogP contribution in [0.4, 0.5) is 0 Å². The Morgan fingerprint density at radius 3 is 2.92 bits per heavy atom. The molecule has 0 spiro atoms. The van der Waals surface area contributed by atoms with E-state index in [2.05, 4.69) is 27.8 Å². The lowest BCUT2D eigenvalue weighted by molar-refractivity contribution is 0.340. The molecule has 2 rings (SSSR count). The molecule has 0 amide bonds. The van der Waals surface area contributed by atoms with Crippen LogP contribution in [0.1, 0.15) is 45.1 Å². The molecule has 0 aliphatic heterocycles. The summed E-state index contributed by atoms with van der Waals surface area (Å²) in [4.78, 5) is 4.34. The van der Waals surface area contributed by atoms with Gasteiger partial charge in [-0.05, 0) is 50.3 Å². The predicted octanol–water partition coefficient (Wildman–Crippen LogP) is 2.87. The van der Waals surface area contributed by atoms with Gasteiger partial charge >= 0.3 is 0 Å². The van der Waals surface area contributed by atoms with Crippen molar-refractivity contribution in [2.45, 2.75) is 57.2 Å². The summed E-state index contributed by atoms with van der Waals surface area (Å²) < 4.78 is 17.7. The van der Waals surface area contributed by atoms with E-state index < -0.39 is 10.8 Å². The third-order valence-electron chi connectivity index (χ3n) is 4.76. The fraction of sp³-hybridized carbons (Fsp3) is 0.650. The SMILES string of the molecule is CCOc1cccc(CCNC(=NC)NC2CCCC(S(=O)CC)C2)c1. The van der Waals surface area contributed by atoms with Gasteiger partial charge in [0.1, 0.15) is 5.75 Å². The first kappa shape index (κ1) is 20.7. The molecule has 3 atom stereocenters. The van der Waals surface area contributed by atoms with Crippen molar-refractivity contribution in [3.8, 4) is 5.75 Å². The van der Waals surface area contributed by atoms with Crippen molar-refractivity contribution in [3.63, 3.8) is 0 Å². The van der Waals surface area contributed by atoms with Crippen molar-refractivity contribution in [2.75, 3.05) is 26.0 Å². The van der Waals surface area contributed by atoms with E-state index >= 15 is 0 Å². The van der Waals surface area contributed by atoms with E-state index in [4.69, 9.17) is 4.74 Å². The number of benzene rings is 1. The Hall–Kier alpha value is -1.56. The standard InChI is InChI=1S/C20H33N3O2S/c1-4-25-18-10-6-8-16(14-18)12-13-22-20(21-3)23-17-9-7-11-19(15-17)26(24)5-2/h6,8,10,14,17,19H,4-5,7,9,11-13,15H2,1-3H3,(H2,21,22,23). The van der Waals surface area contributed by atoms with Gasteiger partial charge in [0.25, 0.3) is 0 Å². The van der Waals surface area contributed by atoms with E-state index in [1.165, 1.54) is 5.56 Å². The normalized spacial score (nSPS) is 21.9. The molecule has 1 aromatic rings. The first-order valence-corrected chi connectivity index (χ1v) is 11.1. The molecule has 0 radical (unpaired) electrons. The van der Waals surface area contributed by atoms with Gasteiger partial charge in [0.2, 0.25) is 0 Å². The molecule has 3 unspecified atom stereocenters. The fourth-order valence-electron chi connectivity index (χ4n) is 3.42. The molecule has 1 fully saturated rings. The highest BCUT2D eigenvalue weighted by atomic mass is 32.2. The Morgan fingerprint density at radius 1 is 1.35 bits per heavy atom. The van der Waals surface area contributed by atoms with Crippen molar-refractivity contribution in [2.24, 2.45) is 4.99 Å². The number of nitrogens with zero attached hydrogens (tertiary/aromatic N) is 1. The first-order valence-electron chi connectivity index (χ1n) is 9.72. The van der Waals surface area contributed by atoms with Crippen molar-refractivity contribution in [1.29, 1.82) is 0 Å². The molecule has 1 saturated carbocycles. The quantitative estimate of drug-likeness (QED) is 0.539. The Balaban J connectivity index is 1.79. The number of hydrogen-bond acceptors (Lipinski definition) is 3. The minimum Gasteiger partial charge on any atom is -0.494 e. The molecule has 26 heavy (non-hydrogen) atoms. The molecule has 0 saturated heterocycles. The summed E-state index contributed by atoms with van der Waals surface area (Å²) in [7, 11) is 1.10. The maximum atomic E-state index is 12.1. The van der Waals surface area contributed by atoms with E-state index in [1.807, 2.05) is 26.0 Å². The summed E-state index contributed by atoms with van der Waals surface area (Å²) in [6.45, 7) is 5.50. The summed E-state index contributed by atoms with van der Waals surface area (Å²) in [6, 6.07) is 8.58. The summed E-state index contributed by atoms with van der Waals surface area (Å²) >= 11 is 0. The van der Waals surface area contributed by atoms with Crippen LogP contribution in [-0.4, -0.2) is 47.4 Å². The zero-order valence-electron chi connectivity index (χ0n) is 16.3. The lowest BCUT2D eigenvalue weighted by atomic mass is 9.95. The zero-order chi connectivity index (χ0) is 18.8. The predicted molar refractivity (Wildman–Crippen MR) is 111 cm³/mol. The molecule has 1 aromatic carbocycles. The highest BCUT2D eigenvalue weighted by Crippen LogP contribution is 2.23. The van der Waals surface area contributed by atoms with Gasteiger partial charge in [-0.25, -0.2) is 0 Å². The molecule has 1 aliphatic carbocycles. The number of guanidine groups is 1. The average Bonchev–Trinajstić information content (AvgIpc) is 2.67. The van der Waals surface area contributed by atoms with E-state index in [-0.39, 0.29) is 0 Å². The summed E-state index contributed by atoms with van der Waals surface area (Å²) in [5.41, 5.74) is 1.25. The van der Waals surface area contributed by atoms with Crippen molar-refractivity contribution in [1.82, 2.24) is 10.6 Å². The molecule has 1 aliphatic rings. The first-order chi connectivity index (χ1) is 12.7. The molecule has 146 valence electrons. The Labute approximate surface area is 160 Å². The van der Waals surface area contributed by atoms with Crippen LogP contribution in [-0.2, 0) is 17.2 Å². The Morgan fingerprint density at radius 2 is 2.19 bits per heavy atom. The van der Waals surface area contributed by atoms with Gasteiger partial charge in [-0.15, -0.1) is 0 Å². The van der Waals surface area contributed by atoms with Crippen LogP contribution in [0.3, 0.4) is 0 Å². The van der Waals surface area contributed by atoms with Gasteiger partial charge < -0.3 is 15.4 Å². The maximum absolute atomic E-state index is 12.1. The number of ether oxygens (including phenoxy) is 1. The summed E-state index contributed by atoms with van der Waals surface area (Å²) in [5.74, 6) is 2.51. The molecule has 5 nitrogen and oxygen atoms in total. The van der Waals surface area contributed by atoms with Crippen LogP contribution >= 0.6 is 0 Å². The number of aliphatic imine (C=N–C) groups is 1. The number of hydrogen-bond donors (Lipinski definition) is 2. The monoisotopic (exact) mass is 379 g/mol. The molecule has 0 heterocycles. The van der Waals surface area contributed by atoms with Crippen molar-refractivity contribution >= 4 is 16.8 Å². The largest absolute Gasteiger partial charge is 0.494 e. The minimum absolute atomic E-state index is 0.325. The van der Waals surface area contributed by atoms with Crippen LogP contribution in [0.5, 0.6) is 5.75 Å². The van der Waals surface area contributed by atoms with E-state index in [0.717, 1.165) is 56.1 Å². The van der Waals surface area contributed by atoms with Crippen molar-refractivity contribution in [3.05, 3.63) is 29.8 Å². The second kappa shape index (κ2) is 11.2. The van der Waals surface area contributed by atoms with Crippen LogP contribution < -0.4 is 15.4 Å². The smallest absolute Gasteiger partial charge is 0.191 e. The van der Waals surface area contributed by atoms with E-state index in [1.54, 1.807) is 7.05 Å². The molecule has 0 aromatic heterocycles. The fourth-order valence-corrected chi connectivity index (χ4v) is 4.77. The molecule has 6 heteroatoms. The van der Waals surface area contributed by atoms with E-state index in [0.29, 0.717) is 17.9 Å². The minimum atomic E-state index is -0.697. The molecular weight excluding hydrogens is 346 g/mol. The molecule has 2 N–H and O–H groups in total. The number of nitrogens with one attached hydrogen (secondary N) is 2. The average molecular weight is 380 g/mol. The van der Waals surface area contributed by atoms with Crippen LogP contribution in [0.15, 0.2) is 29.3 Å². The summed E-state index contributed by atoms with van der Waals surface area (Å²) in [6.07, 6.45) is 5.22. The van der Waals surface area contributed by atoms with Gasteiger partial charge in [0.15, 0.2) is 5.96 Å². The van der Waals surface area contributed by atoms with Crippen LogP contribution in [0.25, 0.3) is 0 Å². The Bertz CT molecular complexity index is 606. The van der Waals surface area contributed by atoms with Crippen LogP contribution in [0.2, 0.25) is 0 Å². The highest BCUT2D eigenvalue weighted by molar-refractivity contribution is 7.85. The second-order valence-electron chi connectivity index (χ2n) is 6.63. The third-order valence-corrected chi connectivity index (χ3v) is 6.50. The van der Waals surface area contributed by atoms with Gasteiger partial charge in [0.05, 0.1) is 6.61 Å². The zero-order valence-corrected chi connectivity index (χ0v) is 17.1. The topological polar surface area (TPSA) is 62.7 Å². The lowest BCUT2D eigenvalue weighted by Crippen LogP contribution is -2.47. The van der Waals surface area contributed by atoms with Gasteiger partial charge in [0, 0.05) is 41.4 Å². The maximum Gasteiger partial charge on any atom is 0.191 e. The highest BCUT2D eigenvalue weighted by Gasteiger charge is 2.25. The molecular formula is C20H33N3O2S. The van der Waals surface area contributed by atoms with Gasteiger partial charge in [-0.1, -0.05) is 25.5 Å². The summed E-state index contributed by atoms with van der Waals surface area (Å²) in [5, 5.41) is 7.23. The van der Waals surface area contributed by atoms with Crippen molar-refractivity contribution < 1.29 is 8.95 Å². The van der Waals surface area contributed by atoms with Gasteiger partial charge in [-0.2, -0.15) is 0 Å². The van der Waals surface area contributed by atoms with E-state index in [9.17, 15) is 4.21 Å². The Kier molecular flexibility index (Phi) is 8.95.